The van der Waals surface area contributed by atoms with Crippen LogP contribution in [0.3, 0.4) is 0 Å². The van der Waals surface area contributed by atoms with Gasteiger partial charge >= 0.3 is 0 Å². The summed E-state index contributed by atoms with van der Waals surface area (Å²) in [5, 5.41) is 0. The third kappa shape index (κ3) is 1.76. The highest BCUT2D eigenvalue weighted by Crippen LogP contribution is 2.18. The van der Waals surface area contributed by atoms with Crippen molar-refractivity contribution in [2.75, 3.05) is 0 Å². The number of aromatic amines is 1. The minimum atomic E-state index is 0.535. The molecule has 66 valence electrons. The zero-order chi connectivity index (χ0) is 9.10. The van der Waals surface area contributed by atoms with Crippen molar-refractivity contribution in [3.05, 3.63) is 48.2 Å². The third-order valence-electron chi connectivity index (χ3n) is 1.98. The second-order valence-electron chi connectivity index (χ2n) is 2.90. The van der Waals surface area contributed by atoms with Crippen molar-refractivity contribution < 1.29 is 0 Å². The first-order valence-electron chi connectivity index (χ1n) is 4.19. The maximum Gasteiger partial charge on any atom is 0.0625 e. The van der Waals surface area contributed by atoms with E-state index in [1.54, 1.807) is 0 Å². The van der Waals surface area contributed by atoms with Gasteiger partial charge in [-0.1, -0.05) is 30.3 Å². The van der Waals surface area contributed by atoms with E-state index >= 15 is 0 Å². The van der Waals surface area contributed by atoms with Gasteiger partial charge in [0.1, 0.15) is 0 Å². The minimum absolute atomic E-state index is 0.535. The van der Waals surface area contributed by atoms with E-state index in [2.05, 4.69) is 17.1 Å². The van der Waals surface area contributed by atoms with Crippen LogP contribution in [0.5, 0.6) is 0 Å². The van der Waals surface area contributed by atoms with Crippen LogP contribution in [-0.4, -0.2) is 4.98 Å². The van der Waals surface area contributed by atoms with Gasteiger partial charge in [0.25, 0.3) is 0 Å². The minimum Gasteiger partial charge on any atom is -0.357 e. The van der Waals surface area contributed by atoms with Gasteiger partial charge in [-0.05, 0) is 17.7 Å². The summed E-state index contributed by atoms with van der Waals surface area (Å²) < 4.78 is 0. The molecular formula is C11H10ClN. The highest BCUT2D eigenvalue weighted by molar-refractivity contribution is 6.16. The summed E-state index contributed by atoms with van der Waals surface area (Å²) in [4.78, 5) is 3.25. The molecule has 0 amide bonds. The summed E-state index contributed by atoms with van der Waals surface area (Å²) in [5.41, 5.74) is 3.37. The molecule has 1 aromatic heterocycles. The van der Waals surface area contributed by atoms with E-state index in [0.717, 1.165) is 11.4 Å². The molecule has 0 aliphatic carbocycles. The molecule has 0 saturated heterocycles. The van der Waals surface area contributed by atoms with Gasteiger partial charge in [0, 0.05) is 11.4 Å². The Hall–Kier alpha value is -1.21. The Morgan fingerprint density at radius 3 is 2.38 bits per heavy atom. The van der Waals surface area contributed by atoms with Crippen LogP contribution in [0, 0.1) is 0 Å². The Kier molecular flexibility index (Phi) is 2.37. The zero-order valence-corrected chi connectivity index (χ0v) is 7.88. The number of aromatic nitrogens is 1. The van der Waals surface area contributed by atoms with Crippen molar-refractivity contribution in [1.82, 2.24) is 4.98 Å². The molecule has 0 atom stereocenters. The Labute approximate surface area is 82.4 Å². The highest BCUT2D eigenvalue weighted by atomic mass is 35.5. The van der Waals surface area contributed by atoms with E-state index in [1.807, 2.05) is 30.3 Å². The predicted octanol–water partition coefficient (Wildman–Crippen LogP) is 3.42. The van der Waals surface area contributed by atoms with Crippen molar-refractivity contribution in [3.63, 3.8) is 0 Å². The lowest BCUT2D eigenvalue weighted by Crippen LogP contribution is -1.78. The summed E-state index contributed by atoms with van der Waals surface area (Å²) in [6.45, 7) is 0. The lowest BCUT2D eigenvalue weighted by Gasteiger charge is -1.95. The van der Waals surface area contributed by atoms with Gasteiger partial charge in [0.05, 0.1) is 5.88 Å². The van der Waals surface area contributed by atoms with Gasteiger partial charge in [-0.15, -0.1) is 11.6 Å². The monoisotopic (exact) mass is 191 g/mol. The average molecular weight is 192 g/mol. The molecule has 0 fully saturated rings. The van der Waals surface area contributed by atoms with Gasteiger partial charge in [0.15, 0.2) is 0 Å². The van der Waals surface area contributed by atoms with Crippen molar-refractivity contribution in [2.45, 2.75) is 5.88 Å². The predicted molar refractivity (Wildman–Crippen MR) is 55.8 cm³/mol. The molecule has 1 aromatic carbocycles. The fourth-order valence-electron chi connectivity index (χ4n) is 1.30. The van der Waals surface area contributed by atoms with Crippen LogP contribution < -0.4 is 0 Å². The second kappa shape index (κ2) is 3.67. The maximum absolute atomic E-state index is 5.70. The molecule has 0 aliphatic heterocycles. The molecular weight excluding hydrogens is 182 g/mol. The number of rotatable bonds is 2. The molecule has 0 saturated carbocycles. The van der Waals surface area contributed by atoms with E-state index < -0.39 is 0 Å². The largest absolute Gasteiger partial charge is 0.357 e. The molecule has 0 bridgehead atoms. The van der Waals surface area contributed by atoms with Crippen molar-refractivity contribution in [3.8, 4) is 11.3 Å². The molecule has 1 nitrogen and oxygen atoms in total. The summed E-state index contributed by atoms with van der Waals surface area (Å²) in [7, 11) is 0. The lowest BCUT2D eigenvalue weighted by molar-refractivity contribution is 1.23. The first kappa shape index (κ1) is 8.39. The van der Waals surface area contributed by atoms with Gasteiger partial charge in [-0.2, -0.15) is 0 Å². The molecule has 2 aromatic rings. The van der Waals surface area contributed by atoms with Crippen molar-refractivity contribution >= 4 is 11.6 Å². The summed E-state index contributed by atoms with van der Waals surface area (Å²) in [6, 6.07) is 14.3. The lowest BCUT2D eigenvalue weighted by atomic mass is 10.2. The normalized spacial score (nSPS) is 10.2. The Balaban J connectivity index is 2.36. The molecule has 1 N–H and O–H groups in total. The zero-order valence-electron chi connectivity index (χ0n) is 7.13. The summed E-state index contributed by atoms with van der Waals surface area (Å²) in [6.07, 6.45) is 0. The SMILES string of the molecule is ClCc1ccc(-c2ccccc2)[nH]1. The summed E-state index contributed by atoms with van der Waals surface area (Å²) >= 11 is 5.70. The van der Waals surface area contributed by atoms with Crippen LogP contribution in [0.4, 0.5) is 0 Å². The number of halogens is 1. The molecule has 0 aliphatic rings. The van der Waals surface area contributed by atoms with Crippen LogP contribution in [0.15, 0.2) is 42.5 Å². The average Bonchev–Trinajstić information content (AvgIpc) is 2.67. The van der Waals surface area contributed by atoms with Gasteiger partial charge < -0.3 is 4.98 Å². The van der Waals surface area contributed by atoms with Crippen LogP contribution in [0.2, 0.25) is 0 Å². The van der Waals surface area contributed by atoms with Crippen LogP contribution in [-0.2, 0) is 5.88 Å². The van der Waals surface area contributed by atoms with E-state index in [9.17, 15) is 0 Å². The molecule has 0 spiro atoms. The molecule has 0 radical (unpaired) electrons. The van der Waals surface area contributed by atoms with Crippen LogP contribution in [0.25, 0.3) is 11.3 Å². The number of nitrogens with one attached hydrogen (secondary N) is 1. The maximum atomic E-state index is 5.70. The Morgan fingerprint density at radius 1 is 1.00 bits per heavy atom. The highest BCUT2D eigenvalue weighted by Gasteiger charge is 1.98. The molecule has 1 heterocycles. The number of benzene rings is 1. The number of hydrogen-bond acceptors (Lipinski definition) is 0. The Bertz CT molecular complexity index is 378. The van der Waals surface area contributed by atoms with E-state index in [0.29, 0.717) is 5.88 Å². The smallest absolute Gasteiger partial charge is 0.0625 e. The number of H-pyrrole nitrogens is 1. The number of alkyl halides is 1. The van der Waals surface area contributed by atoms with E-state index in [-0.39, 0.29) is 0 Å². The topological polar surface area (TPSA) is 15.8 Å². The standard InChI is InChI=1S/C11H10ClN/c12-8-10-6-7-11(13-10)9-4-2-1-3-5-9/h1-7,13H,8H2. The van der Waals surface area contributed by atoms with Gasteiger partial charge in [-0.3, -0.25) is 0 Å². The quantitative estimate of drug-likeness (QED) is 0.701. The molecule has 2 heteroatoms. The fraction of sp³-hybridized carbons (Fsp3) is 0.0909. The van der Waals surface area contributed by atoms with Crippen LogP contribution in [0.1, 0.15) is 5.69 Å². The van der Waals surface area contributed by atoms with Crippen molar-refractivity contribution in [1.29, 1.82) is 0 Å². The fourth-order valence-corrected chi connectivity index (χ4v) is 1.46. The molecule has 13 heavy (non-hydrogen) atoms. The van der Waals surface area contributed by atoms with E-state index in [4.69, 9.17) is 11.6 Å². The first-order valence-corrected chi connectivity index (χ1v) is 4.73. The van der Waals surface area contributed by atoms with Crippen LogP contribution >= 0.6 is 11.6 Å². The molecule has 0 unspecified atom stereocenters. The first-order chi connectivity index (χ1) is 6.40. The number of hydrogen-bond donors (Lipinski definition) is 1. The Morgan fingerprint density at radius 2 is 1.77 bits per heavy atom. The van der Waals surface area contributed by atoms with Gasteiger partial charge in [0.2, 0.25) is 0 Å². The van der Waals surface area contributed by atoms with E-state index in [1.165, 1.54) is 5.56 Å². The van der Waals surface area contributed by atoms with Gasteiger partial charge in [-0.25, -0.2) is 0 Å². The summed E-state index contributed by atoms with van der Waals surface area (Å²) in [5.74, 6) is 0.535. The third-order valence-corrected chi connectivity index (χ3v) is 2.26. The molecule has 2 rings (SSSR count). The van der Waals surface area contributed by atoms with Crippen molar-refractivity contribution in [2.24, 2.45) is 0 Å². The second-order valence-corrected chi connectivity index (χ2v) is 3.16.